The Morgan fingerprint density at radius 1 is 1.02 bits per heavy atom. The lowest BCUT2D eigenvalue weighted by molar-refractivity contribution is 0.102. The van der Waals surface area contributed by atoms with Gasteiger partial charge in [0.15, 0.2) is 0 Å². The molecule has 2 aliphatic heterocycles. The molecule has 0 aliphatic carbocycles. The summed E-state index contributed by atoms with van der Waals surface area (Å²) in [5.41, 5.74) is 6.14. The Hall–Kier alpha value is -3.34. The summed E-state index contributed by atoms with van der Waals surface area (Å²) in [6.07, 6.45) is 6.59. The van der Waals surface area contributed by atoms with Crippen LogP contribution < -0.4 is 10.6 Å². The minimum absolute atomic E-state index is 0. The van der Waals surface area contributed by atoms with E-state index in [9.17, 15) is 4.79 Å². The predicted molar refractivity (Wildman–Crippen MR) is 179 cm³/mol. The van der Waals surface area contributed by atoms with Gasteiger partial charge >= 0.3 is 0 Å². The third kappa shape index (κ3) is 7.99. The topological polar surface area (TPSA) is 83.8 Å². The molecule has 0 saturated carbocycles. The van der Waals surface area contributed by atoms with Crippen molar-refractivity contribution in [3.05, 3.63) is 119 Å². The summed E-state index contributed by atoms with van der Waals surface area (Å²) in [7, 11) is 0. The smallest absolute Gasteiger partial charge is 0.257 e. The van der Waals surface area contributed by atoms with E-state index in [4.69, 9.17) is 4.84 Å². The molecule has 0 radical (unpaired) electrons. The summed E-state index contributed by atoms with van der Waals surface area (Å²) in [5, 5.41) is 11.2. The van der Waals surface area contributed by atoms with E-state index in [1.165, 1.54) is 0 Å². The molecule has 8 nitrogen and oxygen atoms in total. The molecule has 226 valence electrons. The monoisotopic (exact) mass is 638 g/mol. The van der Waals surface area contributed by atoms with Crippen molar-refractivity contribution in [1.29, 1.82) is 0 Å². The second-order valence-electron chi connectivity index (χ2n) is 10.2. The Morgan fingerprint density at radius 2 is 1.84 bits per heavy atom. The molecule has 0 bridgehead atoms. The summed E-state index contributed by atoms with van der Waals surface area (Å²) in [6, 6.07) is 23.7. The van der Waals surface area contributed by atoms with Crippen LogP contribution in [0.25, 0.3) is 0 Å². The number of benzene rings is 2. The SMILES string of the molecule is Cl.Cl.O=C(Nc1cccc(C(=NOCCCN2CCNCC2)c2ccccc2)c1)c1ccn2c1CSC2c1cccnc1. The van der Waals surface area contributed by atoms with Crippen molar-refractivity contribution in [2.45, 2.75) is 17.5 Å². The molecule has 2 aliphatic rings. The van der Waals surface area contributed by atoms with E-state index in [1.807, 2.05) is 79.1 Å². The number of nitrogens with zero attached hydrogens (tertiary/aromatic N) is 4. The molecular formula is C32H36Cl2N6O2S. The number of aromatic nitrogens is 2. The highest BCUT2D eigenvalue weighted by atomic mass is 35.5. The van der Waals surface area contributed by atoms with Crippen molar-refractivity contribution < 1.29 is 9.63 Å². The van der Waals surface area contributed by atoms with E-state index in [2.05, 4.69) is 36.3 Å². The molecule has 1 unspecified atom stereocenters. The molecule has 1 saturated heterocycles. The number of anilines is 1. The first kappa shape index (κ1) is 32.6. The van der Waals surface area contributed by atoms with E-state index in [0.29, 0.717) is 17.9 Å². The van der Waals surface area contributed by atoms with Crippen molar-refractivity contribution in [3.63, 3.8) is 0 Å². The molecule has 1 atom stereocenters. The van der Waals surface area contributed by atoms with Crippen molar-refractivity contribution in [1.82, 2.24) is 19.8 Å². The second kappa shape index (κ2) is 15.9. The lowest BCUT2D eigenvalue weighted by atomic mass is 10.0. The number of oxime groups is 1. The highest BCUT2D eigenvalue weighted by Crippen LogP contribution is 2.42. The van der Waals surface area contributed by atoms with Gasteiger partial charge in [-0.3, -0.25) is 9.78 Å². The number of halogens is 2. The molecule has 4 aromatic rings. The number of carbonyl (C=O) groups is 1. The first-order valence-corrected chi connectivity index (χ1v) is 15.1. The zero-order chi connectivity index (χ0) is 27.9. The van der Waals surface area contributed by atoms with Crippen LogP contribution in [0.5, 0.6) is 0 Å². The van der Waals surface area contributed by atoms with Gasteiger partial charge in [0.1, 0.15) is 17.7 Å². The summed E-state index contributed by atoms with van der Waals surface area (Å²) < 4.78 is 2.17. The van der Waals surface area contributed by atoms with Gasteiger partial charge in [0, 0.05) is 85.1 Å². The zero-order valence-corrected chi connectivity index (χ0v) is 26.2. The maximum Gasteiger partial charge on any atom is 0.257 e. The van der Waals surface area contributed by atoms with Gasteiger partial charge in [-0.25, -0.2) is 0 Å². The Morgan fingerprint density at radius 3 is 2.63 bits per heavy atom. The predicted octanol–water partition coefficient (Wildman–Crippen LogP) is 5.84. The van der Waals surface area contributed by atoms with Crippen molar-refractivity contribution in [3.8, 4) is 0 Å². The maximum absolute atomic E-state index is 13.4. The average molecular weight is 640 g/mol. The second-order valence-corrected chi connectivity index (χ2v) is 11.2. The number of carbonyl (C=O) groups excluding carboxylic acids is 1. The van der Waals surface area contributed by atoms with Crippen LogP contribution in [-0.2, 0) is 10.6 Å². The lowest BCUT2D eigenvalue weighted by Crippen LogP contribution is -2.43. The number of pyridine rings is 1. The van der Waals surface area contributed by atoms with Crippen LogP contribution in [-0.4, -0.2) is 65.4 Å². The first-order valence-electron chi connectivity index (χ1n) is 14.1. The van der Waals surface area contributed by atoms with E-state index >= 15 is 0 Å². The molecule has 6 rings (SSSR count). The van der Waals surface area contributed by atoms with Crippen molar-refractivity contribution >= 4 is 53.9 Å². The van der Waals surface area contributed by atoms with Crippen molar-refractivity contribution in [2.75, 3.05) is 44.6 Å². The van der Waals surface area contributed by atoms with Gasteiger partial charge in [-0.05, 0) is 30.7 Å². The van der Waals surface area contributed by atoms with E-state index < -0.39 is 0 Å². The van der Waals surface area contributed by atoms with Crippen LogP contribution in [0.4, 0.5) is 5.69 Å². The van der Waals surface area contributed by atoms with Gasteiger partial charge in [-0.1, -0.05) is 53.7 Å². The Bertz CT molecular complexity index is 1500. The number of amides is 1. The van der Waals surface area contributed by atoms with Crippen LogP contribution in [0.15, 0.2) is 96.5 Å². The van der Waals surface area contributed by atoms with Crippen LogP contribution in [0.2, 0.25) is 0 Å². The largest absolute Gasteiger partial charge is 0.395 e. The third-order valence-corrected chi connectivity index (χ3v) is 8.64. The number of hydrogen-bond donors (Lipinski definition) is 2. The number of rotatable bonds is 10. The quantitative estimate of drug-likeness (QED) is 0.129. The number of fused-ring (bicyclic) bond motifs is 1. The fourth-order valence-electron chi connectivity index (χ4n) is 5.28. The lowest BCUT2D eigenvalue weighted by Gasteiger charge is -2.26. The number of hydrogen-bond acceptors (Lipinski definition) is 7. The fourth-order valence-corrected chi connectivity index (χ4v) is 6.59. The van der Waals surface area contributed by atoms with E-state index in [0.717, 1.165) is 73.0 Å². The minimum atomic E-state index is -0.120. The molecular weight excluding hydrogens is 603 g/mol. The summed E-state index contributed by atoms with van der Waals surface area (Å²) in [6.45, 7) is 5.80. The van der Waals surface area contributed by atoms with Crippen molar-refractivity contribution in [2.24, 2.45) is 5.16 Å². The molecule has 2 aromatic heterocycles. The van der Waals surface area contributed by atoms with Gasteiger partial charge in [0.2, 0.25) is 0 Å². The number of thioether (sulfide) groups is 1. The normalized spacial score (nSPS) is 16.5. The minimum Gasteiger partial charge on any atom is -0.395 e. The highest BCUT2D eigenvalue weighted by Gasteiger charge is 2.28. The molecule has 43 heavy (non-hydrogen) atoms. The van der Waals surface area contributed by atoms with Crippen LogP contribution in [0, 0.1) is 0 Å². The summed E-state index contributed by atoms with van der Waals surface area (Å²) in [5.74, 6) is 0.650. The van der Waals surface area contributed by atoms with Gasteiger partial charge in [0.05, 0.1) is 5.56 Å². The third-order valence-electron chi connectivity index (χ3n) is 7.39. The summed E-state index contributed by atoms with van der Waals surface area (Å²) in [4.78, 5) is 25.9. The van der Waals surface area contributed by atoms with Gasteiger partial charge in [-0.15, -0.1) is 36.6 Å². The number of nitrogens with one attached hydrogen (secondary N) is 2. The van der Waals surface area contributed by atoms with E-state index in [-0.39, 0.29) is 36.1 Å². The Kier molecular flexibility index (Phi) is 12.1. The van der Waals surface area contributed by atoms with Gasteiger partial charge < -0.3 is 24.9 Å². The number of piperazine rings is 1. The van der Waals surface area contributed by atoms with E-state index in [1.54, 1.807) is 18.0 Å². The molecule has 2 N–H and O–H groups in total. The molecule has 1 amide bonds. The molecule has 4 heterocycles. The zero-order valence-electron chi connectivity index (χ0n) is 23.7. The molecule has 0 spiro atoms. The van der Waals surface area contributed by atoms with Crippen LogP contribution >= 0.6 is 36.6 Å². The summed E-state index contributed by atoms with van der Waals surface area (Å²) >= 11 is 1.80. The standard InChI is InChI=1S/C32H34N6O2S.2ClH/c39-31(28-12-17-38-29(28)23-41-32(38)26-10-5-13-34-22-26)35-27-11-4-9-25(21-27)30(24-7-2-1-3-8-24)36-40-20-6-16-37-18-14-33-15-19-37;;/h1-5,7-13,17,21-22,32-33H,6,14-16,18-20,23H2,(H,35,39);2*1H. The fraction of sp³-hybridized carbons (Fsp3) is 0.281. The highest BCUT2D eigenvalue weighted by molar-refractivity contribution is 7.99. The molecule has 1 fully saturated rings. The Labute approximate surface area is 269 Å². The molecule has 2 aromatic carbocycles. The van der Waals surface area contributed by atoms with Gasteiger partial charge in [-0.2, -0.15) is 0 Å². The van der Waals surface area contributed by atoms with Crippen LogP contribution in [0.1, 0.15) is 44.5 Å². The van der Waals surface area contributed by atoms with Gasteiger partial charge in [0.25, 0.3) is 5.91 Å². The maximum atomic E-state index is 13.4. The van der Waals surface area contributed by atoms with Crippen LogP contribution in [0.3, 0.4) is 0 Å². The Balaban J connectivity index is 0.00000212. The first-order chi connectivity index (χ1) is 20.3. The molecule has 11 heteroatoms. The average Bonchev–Trinajstić information content (AvgIpc) is 3.63.